The van der Waals surface area contributed by atoms with Crippen LogP contribution in [0.25, 0.3) is 0 Å². The first-order valence-electron chi connectivity index (χ1n) is 7.03. The van der Waals surface area contributed by atoms with E-state index in [1.807, 2.05) is 25.1 Å². The molecule has 2 aromatic rings. The normalized spacial score (nSPS) is 9.86. The highest BCUT2D eigenvalue weighted by Gasteiger charge is 2.00. The molecule has 0 aliphatic heterocycles. The van der Waals surface area contributed by atoms with Gasteiger partial charge in [0.2, 0.25) is 0 Å². The fourth-order valence-electron chi connectivity index (χ4n) is 1.92. The number of benzene rings is 2. The molecule has 2 rings (SSSR count). The minimum absolute atomic E-state index is 0.573. The maximum atomic E-state index is 5.82. The summed E-state index contributed by atoms with van der Waals surface area (Å²) in [5.74, 6) is 7.63. The first-order chi connectivity index (χ1) is 10.2. The summed E-state index contributed by atoms with van der Waals surface area (Å²) in [5.41, 5.74) is 4.58. The van der Waals surface area contributed by atoms with Crippen LogP contribution in [0, 0.1) is 25.7 Å². The highest BCUT2D eigenvalue weighted by molar-refractivity contribution is 6.18. The molecule has 0 aliphatic carbocycles. The van der Waals surface area contributed by atoms with E-state index in [1.54, 1.807) is 0 Å². The molecule has 2 aromatic carbocycles. The Labute approximate surface area is 131 Å². The zero-order valence-electron chi connectivity index (χ0n) is 12.4. The molecule has 21 heavy (non-hydrogen) atoms. The number of hydrogen-bond donors (Lipinski definition) is 0. The summed E-state index contributed by atoms with van der Waals surface area (Å²) in [6.45, 7) is 4.71. The maximum Gasteiger partial charge on any atom is 0.120 e. The predicted molar refractivity (Wildman–Crippen MR) is 88.9 cm³/mol. The van der Waals surface area contributed by atoms with Crippen molar-refractivity contribution in [1.82, 2.24) is 0 Å². The van der Waals surface area contributed by atoms with Crippen LogP contribution in [-0.2, 0) is 6.61 Å². The van der Waals surface area contributed by atoms with E-state index in [0.717, 1.165) is 16.9 Å². The highest BCUT2D eigenvalue weighted by atomic mass is 35.5. The van der Waals surface area contributed by atoms with Crippen LogP contribution in [0.2, 0.25) is 0 Å². The van der Waals surface area contributed by atoms with Gasteiger partial charge in [-0.05, 0) is 43.2 Å². The lowest BCUT2D eigenvalue weighted by Crippen LogP contribution is -1.96. The van der Waals surface area contributed by atoms with Crippen LogP contribution >= 0.6 is 11.6 Å². The van der Waals surface area contributed by atoms with Crippen LogP contribution in [-0.4, -0.2) is 5.88 Å². The molecule has 0 spiro atoms. The summed E-state index contributed by atoms with van der Waals surface area (Å²) in [4.78, 5) is 0. The van der Waals surface area contributed by atoms with Gasteiger partial charge in [0, 0.05) is 17.9 Å². The molecule has 0 aliphatic rings. The molecule has 0 unspecified atom stereocenters. The fraction of sp³-hybridized carbons (Fsp3) is 0.263. The second-order valence-corrected chi connectivity index (χ2v) is 5.37. The third kappa shape index (κ3) is 4.85. The van der Waals surface area contributed by atoms with Gasteiger partial charge >= 0.3 is 0 Å². The average molecular weight is 299 g/mol. The summed E-state index contributed by atoms with van der Waals surface area (Å²) in [6.07, 6.45) is 0.715. The summed E-state index contributed by atoms with van der Waals surface area (Å²) >= 11 is 5.62. The Hall–Kier alpha value is -1.91. The molecule has 0 bridgehead atoms. The van der Waals surface area contributed by atoms with Gasteiger partial charge in [-0.15, -0.1) is 11.6 Å². The number of alkyl halides is 1. The lowest BCUT2D eigenvalue weighted by Gasteiger charge is -2.08. The molecule has 0 radical (unpaired) electrons. The van der Waals surface area contributed by atoms with Crippen molar-refractivity contribution in [2.24, 2.45) is 0 Å². The van der Waals surface area contributed by atoms with E-state index in [2.05, 4.69) is 43.0 Å². The molecule has 0 amide bonds. The smallest absolute Gasteiger partial charge is 0.120 e. The van der Waals surface area contributed by atoms with Gasteiger partial charge in [0.15, 0.2) is 0 Å². The summed E-state index contributed by atoms with van der Waals surface area (Å²) in [7, 11) is 0. The topological polar surface area (TPSA) is 9.23 Å². The van der Waals surface area contributed by atoms with Crippen molar-refractivity contribution in [3.63, 3.8) is 0 Å². The fourth-order valence-corrected chi connectivity index (χ4v) is 2.02. The van der Waals surface area contributed by atoms with Crippen molar-refractivity contribution >= 4 is 11.6 Å². The molecule has 0 fully saturated rings. The molecule has 1 nitrogen and oxygen atoms in total. The largest absolute Gasteiger partial charge is 0.489 e. The highest BCUT2D eigenvalue weighted by Crippen LogP contribution is 2.18. The summed E-state index contributed by atoms with van der Waals surface area (Å²) in [6, 6.07) is 14.4. The molecule has 0 N–H and O–H groups in total. The van der Waals surface area contributed by atoms with Gasteiger partial charge in [0.1, 0.15) is 12.4 Å². The predicted octanol–water partition coefficient (Wildman–Crippen LogP) is 4.86. The third-order valence-corrected chi connectivity index (χ3v) is 3.36. The molecule has 108 valence electrons. The zero-order chi connectivity index (χ0) is 15.1. The van der Waals surface area contributed by atoms with Crippen LogP contribution in [0.3, 0.4) is 0 Å². The van der Waals surface area contributed by atoms with Crippen molar-refractivity contribution in [2.75, 3.05) is 5.88 Å². The van der Waals surface area contributed by atoms with E-state index in [0.29, 0.717) is 18.9 Å². The Balaban J connectivity index is 2.00. The number of aryl methyl sites for hydroxylation is 2. The van der Waals surface area contributed by atoms with Gasteiger partial charge in [-0.3, -0.25) is 0 Å². The van der Waals surface area contributed by atoms with Gasteiger partial charge in [-0.25, -0.2) is 0 Å². The molecular weight excluding hydrogens is 280 g/mol. The number of halogens is 1. The number of rotatable bonds is 4. The van der Waals surface area contributed by atoms with Crippen molar-refractivity contribution in [1.29, 1.82) is 0 Å². The van der Waals surface area contributed by atoms with Gasteiger partial charge in [-0.1, -0.05) is 41.7 Å². The first kappa shape index (κ1) is 15.5. The van der Waals surface area contributed by atoms with Crippen LogP contribution in [0.15, 0.2) is 42.5 Å². The molecule has 0 heterocycles. The number of hydrogen-bond acceptors (Lipinski definition) is 1. The van der Waals surface area contributed by atoms with Crippen molar-refractivity contribution in [3.05, 3.63) is 64.7 Å². The van der Waals surface area contributed by atoms with E-state index in [1.165, 1.54) is 11.1 Å². The lowest BCUT2D eigenvalue weighted by molar-refractivity contribution is 0.306. The summed E-state index contributed by atoms with van der Waals surface area (Å²) < 4.78 is 5.82. The van der Waals surface area contributed by atoms with Crippen molar-refractivity contribution in [3.8, 4) is 17.6 Å². The third-order valence-electron chi connectivity index (χ3n) is 3.17. The van der Waals surface area contributed by atoms with Gasteiger partial charge in [0.05, 0.1) is 0 Å². The minimum atomic E-state index is 0.573. The Bertz CT molecular complexity index is 648. The van der Waals surface area contributed by atoms with E-state index >= 15 is 0 Å². The molecule has 2 heteroatoms. The second-order valence-electron chi connectivity index (χ2n) is 4.99. The van der Waals surface area contributed by atoms with Crippen LogP contribution in [0.1, 0.15) is 28.7 Å². The van der Waals surface area contributed by atoms with Crippen LogP contribution < -0.4 is 4.74 Å². The van der Waals surface area contributed by atoms with E-state index in [-0.39, 0.29) is 0 Å². The molecular formula is C19H19ClO. The Kier molecular flexibility index (Phi) is 5.72. The standard InChI is InChI=1S/C19H19ClO/c1-15-6-8-17(9-7-15)14-21-19-11-10-18(16(2)13-19)5-3-4-12-20/h6-11,13H,4,12,14H2,1-2H3. The Morgan fingerprint density at radius 2 is 1.81 bits per heavy atom. The van der Waals surface area contributed by atoms with E-state index in [9.17, 15) is 0 Å². The van der Waals surface area contributed by atoms with Crippen LogP contribution in [0.5, 0.6) is 5.75 Å². The maximum absolute atomic E-state index is 5.82. The van der Waals surface area contributed by atoms with E-state index < -0.39 is 0 Å². The summed E-state index contributed by atoms with van der Waals surface area (Å²) in [5, 5.41) is 0. The minimum Gasteiger partial charge on any atom is -0.489 e. The van der Waals surface area contributed by atoms with Gasteiger partial charge < -0.3 is 4.74 Å². The van der Waals surface area contributed by atoms with E-state index in [4.69, 9.17) is 16.3 Å². The second kappa shape index (κ2) is 7.76. The molecule has 0 aromatic heterocycles. The SMILES string of the molecule is Cc1ccc(COc2ccc(C#CCCCl)c(C)c2)cc1. The Morgan fingerprint density at radius 1 is 1.05 bits per heavy atom. The van der Waals surface area contributed by atoms with Gasteiger partial charge in [0.25, 0.3) is 0 Å². The van der Waals surface area contributed by atoms with Gasteiger partial charge in [-0.2, -0.15) is 0 Å². The van der Waals surface area contributed by atoms with Crippen molar-refractivity contribution in [2.45, 2.75) is 26.9 Å². The quantitative estimate of drug-likeness (QED) is 0.578. The lowest BCUT2D eigenvalue weighted by atomic mass is 10.1. The molecule has 0 saturated heterocycles. The number of ether oxygens (including phenoxy) is 1. The monoisotopic (exact) mass is 298 g/mol. The van der Waals surface area contributed by atoms with Crippen LogP contribution in [0.4, 0.5) is 0 Å². The Morgan fingerprint density at radius 3 is 2.48 bits per heavy atom. The van der Waals surface area contributed by atoms with Crippen molar-refractivity contribution < 1.29 is 4.74 Å². The molecule has 0 saturated carbocycles. The zero-order valence-corrected chi connectivity index (χ0v) is 13.2. The molecule has 0 atom stereocenters. The first-order valence-corrected chi connectivity index (χ1v) is 7.56. The average Bonchev–Trinajstić information content (AvgIpc) is 2.49.